The first-order valence-electron chi connectivity index (χ1n) is 10.9. The lowest BCUT2D eigenvalue weighted by Gasteiger charge is -2.26. The number of fused-ring (bicyclic) bond motifs is 1. The number of hydrogen-bond donors (Lipinski definition) is 1. The molecule has 0 unspecified atom stereocenters. The summed E-state index contributed by atoms with van der Waals surface area (Å²) in [6.45, 7) is 6.78. The fourth-order valence-corrected chi connectivity index (χ4v) is 4.97. The van der Waals surface area contributed by atoms with E-state index in [4.69, 9.17) is 0 Å². The van der Waals surface area contributed by atoms with E-state index in [2.05, 4.69) is 15.0 Å². The molecule has 3 aromatic rings. The van der Waals surface area contributed by atoms with Crippen LogP contribution in [0.3, 0.4) is 0 Å². The largest absolute Gasteiger partial charge is 0.358 e. The molecule has 164 valence electrons. The lowest BCUT2D eigenvalue weighted by molar-refractivity contribution is -0.0228. The number of benzene rings is 1. The van der Waals surface area contributed by atoms with Crippen LogP contribution >= 0.6 is 0 Å². The Morgan fingerprint density at radius 2 is 2.00 bits per heavy atom. The van der Waals surface area contributed by atoms with Crippen LogP contribution in [0, 0.1) is 12.7 Å². The number of anilines is 1. The Balaban J connectivity index is 1.45. The van der Waals surface area contributed by atoms with Crippen molar-refractivity contribution in [1.82, 2.24) is 14.8 Å². The third kappa shape index (κ3) is 3.17. The summed E-state index contributed by atoms with van der Waals surface area (Å²) in [5, 5.41) is 4.68. The molecule has 0 saturated heterocycles. The van der Waals surface area contributed by atoms with Crippen molar-refractivity contribution in [2.24, 2.45) is 0 Å². The van der Waals surface area contributed by atoms with Crippen molar-refractivity contribution in [3.63, 3.8) is 0 Å². The molecule has 4 nitrogen and oxygen atoms in total. The van der Waals surface area contributed by atoms with Crippen LogP contribution in [0.25, 0.3) is 11.3 Å². The monoisotopic (exact) mass is 428 g/mol. The Bertz CT molecular complexity index is 1110. The van der Waals surface area contributed by atoms with E-state index in [1.807, 2.05) is 32.0 Å². The fourth-order valence-electron chi connectivity index (χ4n) is 4.97. The van der Waals surface area contributed by atoms with Crippen LogP contribution in [0.4, 0.5) is 19.0 Å². The van der Waals surface area contributed by atoms with Crippen molar-refractivity contribution in [2.75, 3.05) is 11.4 Å². The smallest absolute Gasteiger partial charge is 0.256 e. The maximum atomic E-state index is 14.4. The van der Waals surface area contributed by atoms with E-state index in [0.717, 1.165) is 48.2 Å². The molecule has 2 aromatic heterocycles. The summed E-state index contributed by atoms with van der Waals surface area (Å²) in [7, 11) is 0. The van der Waals surface area contributed by atoms with Gasteiger partial charge in [0.25, 0.3) is 5.92 Å². The van der Waals surface area contributed by atoms with Gasteiger partial charge in [-0.3, -0.25) is 4.68 Å². The number of nitrogens with zero attached hydrogens (tertiary/aromatic N) is 3. The third-order valence-corrected chi connectivity index (χ3v) is 6.95. The summed E-state index contributed by atoms with van der Waals surface area (Å²) in [4.78, 5) is 5.53. The first-order chi connectivity index (χ1) is 14.7. The summed E-state index contributed by atoms with van der Waals surface area (Å²) in [6.07, 6.45) is 1.76. The third-order valence-electron chi connectivity index (χ3n) is 6.95. The van der Waals surface area contributed by atoms with Gasteiger partial charge in [-0.1, -0.05) is 12.1 Å². The molecular formula is C24H27F3N4. The zero-order valence-corrected chi connectivity index (χ0v) is 18.1. The number of halogens is 3. The summed E-state index contributed by atoms with van der Waals surface area (Å²) >= 11 is 0. The van der Waals surface area contributed by atoms with Gasteiger partial charge in [0.1, 0.15) is 5.82 Å². The molecular weight excluding hydrogens is 401 g/mol. The minimum absolute atomic E-state index is 0.239. The number of aromatic amines is 1. The first kappa shape index (κ1) is 20.2. The molecule has 3 heterocycles. The summed E-state index contributed by atoms with van der Waals surface area (Å²) < 4.78 is 44.9. The van der Waals surface area contributed by atoms with Crippen LogP contribution in [0.5, 0.6) is 0 Å². The molecule has 1 aliphatic carbocycles. The lowest BCUT2D eigenvalue weighted by atomic mass is 9.95. The average molecular weight is 429 g/mol. The van der Waals surface area contributed by atoms with Crippen molar-refractivity contribution in [3.8, 4) is 11.3 Å². The number of aryl methyl sites for hydroxylation is 2. The highest BCUT2D eigenvalue weighted by Crippen LogP contribution is 2.58. The zero-order valence-electron chi connectivity index (χ0n) is 18.1. The van der Waals surface area contributed by atoms with Crippen molar-refractivity contribution in [2.45, 2.75) is 64.5 Å². The van der Waals surface area contributed by atoms with Gasteiger partial charge in [0.15, 0.2) is 5.82 Å². The van der Waals surface area contributed by atoms with E-state index < -0.39 is 11.3 Å². The highest BCUT2D eigenvalue weighted by atomic mass is 19.3. The Morgan fingerprint density at radius 3 is 2.65 bits per heavy atom. The van der Waals surface area contributed by atoms with Gasteiger partial charge in [-0.2, -0.15) is 5.10 Å². The van der Waals surface area contributed by atoms with Gasteiger partial charge < -0.3 is 9.88 Å². The SMILES string of the molecule is CCn1nc(N2CCc3[nH]c(-c4c(C)cccc4F)cc3C2)cc1C1(C(C)(F)F)CC1. The minimum Gasteiger partial charge on any atom is -0.358 e. The fraction of sp³-hybridized carbons (Fsp3) is 0.458. The van der Waals surface area contributed by atoms with Crippen LogP contribution in [0.2, 0.25) is 0 Å². The van der Waals surface area contributed by atoms with Crippen LogP contribution in [0.1, 0.15) is 49.2 Å². The number of nitrogens with one attached hydrogen (secondary N) is 1. The predicted molar refractivity (Wildman–Crippen MR) is 115 cm³/mol. The molecule has 0 amide bonds. The Labute approximate surface area is 180 Å². The number of alkyl halides is 2. The van der Waals surface area contributed by atoms with Crippen molar-refractivity contribution < 1.29 is 13.2 Å². The van der Waals surface area contributed by atoms with Gasteiger partial charge in [0, 0.05) is 56.0 Å². The number of H-pyrrole nitrogens is 1. The molecule has 0 spiro atoms. The number of hydrogen-bond acceptors (Lipinski definition) is 2. The zero-order chi connectivity index (χ0) is 22.0. The molecule has 1 N–H and O–H groups in total. The van der Waals surface area contributed by atoms with Crippen molar-refractivity contribution >= 4 is 5.82 Å². The second-order valence-electron chi connectivity index (χ2n) is 8.96. The summed E-state index contributed by atoms with van der Waals surface area (Å²) in [5.74, 6) is -2.26. The molecule has 0 bridgehead atoms. The van der Waals surface area contributed by atoms with Gasteiger partial charge in [-0.05, 0) is 49.9 Å². The van der Waals surface area contributed by atoms with Gasteiger partial charge in [-0.15, -0.1) is 0 Å². The van der Waals surface area contributed by atoms with E-state index in [1.165, 1.54) is 6.07 Å². The molecule has 1 aromatic carbocycles. The molecule has 7 heteroatoms. The van der Waals surface area contributed by atoms with Crippen molar-refractivity contribution in [1.29, 1.82) is 0 Å². The molecule has 1 saturated carbocycles. The van der Waals surface area contributed by atoms with E-state index in [-0.39, 0.29) is 5.82 Å². The minimum atomic E-state index is -2.76. The van der Waals surface area contributed by atoms with Crippen LogP contribution < -0.4 is 4.90 Å². The topological polar surface area (TPSA) is 36.9 Å². The Kier molecular flexibility index (Phi) is 4.50. The highest BCUT2D eigenvalue weighted by Gasteiger charge is 2.62. The average Bonchev–Trinajstić information content (AvgIpc) is 3.26. The standard InChI is InChI=1S/C24H27F3N4/c1-4-31-20(24(9-10-24)23(3,26)27)13-21(29-31)30-11-8-18-16(14-30)12-19(28-18)22-15(2)6-5-7-17(22)25/h5-7,12-13,28H,4,8-11,14H2,1-3H3. The summed E-state index contributed by atoms with van der Waals surface area (Å²) in [6, 6.07) is 8.96. The van der Waals surface area contributed by atoms with Gasteiger partial charge in [0.2, 0.25) is 0 Å². The van der Waals surface area contributed by atoms with Crippen LogP contribution in [0.15, 0.2) is 30.3 Å². The number of aromatic nitrogens is 3. The number of rotatable bonds is 5. The maximum Gasteiger partial charge on any atom is 0.256 e. The molecule has 0 radical (unpaired) electrons. The second kappa shape index (κ2) is 6.90. The van der Waals surface area contributed by atoms with Gasteiger partial charge in [-0.25, -0.2) is 13.2 Å². The van der Waals surface area contributed by atoms with Gasteiger partial charge in [0.05, 0.1) is 11.1 Å². The highest BCUT2D eigenvalue weighted by molar-refractivity contribution is 5.66. The van der Waals surface area contributed by atoms with E-state index in [1.54, 1.807) is 10.7 Å². The maximum absolute atomic E-state index is 14.4. The molecule has 1 fully saturated rings. The molecule has 2 aliphatic rings. The van der Waals surface area contributed by atoms with E-state index >= 15 is 0 Å². The van der Waals surface area contributed by atoms with Crippen LogP contribution in [-0.2, 0) is 24.9 Å². The van der Waals surface area contributed by atoms with Gasteiger partial charge >= 0.3 is 0 Å². The summed E-state index contributed by atoms with van der Waals surface area (Å²) in [5.41, 5.74) is 4.02. The normalized spacial score (nSPS) is 17.7. The lowest BCUT2D eigenvalue weighted by Crippen LogP contribution is -2.32. The Morgan fingerprint density at radius 1 is 1.23 bits per heavy atom. The molecule has 5 rings (SSSR count). The molecule has 1 aliphatic heterocycles. The first-order valence-corrected chi connectivity index (χ1v) is 10.9. The van der Waals surface area contributed by atoms with E-state index in [9.17, 15) is 13.2 Å². The van der Waals surface area contributed by atoms with E-state index in [0.29, 0.717) is 37.2 Å². The van der Waals surface area contributed by atoms with Crippen molar-refractivity contribution in [3.05, 3.63) is 58.7 Å². The Hall–Kier alpha value is -2.70. The molecule has 0 atom stereocenters. The second-order valence-corrected chi connectivity index (χ2v) is 8.96. The predicted octanol–water partition coefficient (Wildman–Crippen LogP) is 5.60. The quantitative estimate of drug-likeness (QED) is 0.575. The van der Waals surface area contributed by atoms with Crippen LogP contribution in [-0.4, -0.2) is 27.2 Å². The molecule has 31 heavy (non-hydrogen) atoms.